The van der Waals surface area contributed by atoms with Gasteiger partial charge >= 0.3 is 5.97 Å². The molecule has 0 aliphatic carbocycles. The van der Waals surface area contributed by atoms with Crippen LogP contribution in [0.15, 0.2) is 23.6 Å². The molecular weight excluding hydrogens is 200 g/mol. The lowest BCUT2D eigenvalue weighted by molar-refractivity contribution is -0.144. The Kier molecular flexibility index (Phi) is 7.93. The van der Waals surface area contributed by atoms with Gasteiger partial charge in [-0.15, -0.1) is 11.8 Å². The summed E-state index contributed by atoms with van der Waals surface area (Å²) in [5.41, 5.74) is 0. The van der Waals surface area contributed by atoms with Crippen LogP contribution in [0.4, 0.5) is 0 Å². The van der Waals surface area contributed by atoms with Crippen LogP contribution in [0.25, 0.3) is 0 Å². The minimum atomic E-state index is -0.476. The third kappa shape index (κ3) is 7.61. The van der Waals surface area contributed by atoms with Crippen molar-refractivity contribution in [3.05, 3.63) is 23.6 Å². The monoisotopic (exact) mass is 214 g/mol. The van der Waals surface area contributed by atoms with Gasteiger partial charge in [-0.1, -0.05) is 12.2 Å². The number of esters is 1. The van der Waals surface area contributed by atoms with Crippen LogP contribution in [0.5, 0.6) is 0 Å². The highest BCUT2D eigenvalue weighted by molar-refractivity contribution is 8.01. The molecule has 0 unspecified atom stereocenters. The van der Waals surface area contributed by atoms with Crippen LogP contribution in [-0.2, 0) is 14.3 Å². The Labute approximate surface area is 88.2 Å². The van der Waals surface area contributed by atoms with E-state index in [2.05, 4.69) is 4.74 Å². The van der Waals surface area contributed by atoms with E-state index in [4.69, 9.17) is 0 Å². The molecule has 0 amide bonds. The molecule has 0 aromatic carbocycles. The minimum absolute atomic E-state index is 0.183. The van der Waals surface area contributed by atoms with Crippen molar-refractivity contribution in [2.75, 3.05) is 12.9 Å². The van der Waals surface area contributed by atoms with E-state index in [-0.39, 0.29) is 12.2 Å². The van der Waals surface area contributed by atoms with Crippen molar-refractivity contribution < 1.29 is 14.3 Å². The molecule has 78 valence electrons. The van der Waals surface area contributed by atoms with Crippen LogP contribution >= 0.6 is 11.8 Å². The van der Waals surface area contributed by atoms with E-state index in [9.17, 15) is 9.59 Å². The highest BCUT2D eigenvalue weighted by atomic mass is 32.2. The van der Waals surface area contributed by atoms with Crippen LogP contribution in [0.2, 0.25) is 0 Å². The van der Waals surface area contributed by atoms with E-state index in [1.54, 1.807) is 30.8 Å². The van der Waals surface area contributed by atoms with E-state index < -0.39 is 5.97 Å². The maximum Gasteiger partial charge on any atom is 0.313 e. The Balaban J connectivity index is 3.80. The third-order valence-electron chi connectivity index (χ3n) is 1.23. The summed E-state index contributed by atoms with van der Waals surface area (Å²) in [5, 5.41) is 1.84. The van der Waals surface area contributed by atoms with E-state index in [1.807, 2.05) is 11.7 Å². The second-order valence-electron chi connectivity index (χ2n) is 2.37. The first-order chi connectivity index (χ1) is 6.70. The molecule has 0 heterocycles. The molecule has 0 aliphatic heterocycles. The number of hydrogen-bond acceptors (Lipinski definition) is 4. The number of thioether (sulfide) groups is 1. The predicted octanol–water partition coefficient (Wildman–Crippen LogP) is 1.94. The molecule has 3 nitrogen and oxygen atoms in total. The topological polar surface area (TPSA) is 43.4 Å². The maximum absolute atomic E-state index is 11.1. The molecule has 0 radical (unpaired) electrons. The summed E-state index contributed by atoms with van der Waals surface area (Å²) >= 11 is 1.54. The number of rotatable bonds is 6. The number of ether oxygens (including phenoxy) is 1. The first-order valence-electron chi connectivity index (χ1n) is 4.25. The Bertz CT molecular complexity index is 244. The van der Waals surface area contributed by atoms with Crippen molar-refractivity contribution in [1.82, 2.24) is 0 Å². The molecule has 0 fully saturated rings. The van der Waals surface area contributed by atoms with Gasteiger partial charge in [0.25, 0.3) is 0 Å². The molecule has 0 spiro atoms. The maximum atomic E-state index is 11.1. The van der Waals surface area contributed by atoms with Gasteiger partial charge in [-0.2, -0.15) is 0 Å². The number of allylic oxidation sites excluding steroid dienone is 3. The molecule has 0 rings (SSSR count). The van der Waals surface area contributed by atoms with E-state index in [0.29, 0.717) is 6.61 Å². The molecule has 0 saturated heterocycles. The number of carbonyl (C=O) groups excluding carboxylic acids is 2. The van der Waals surface area contributed by atoms with Gasteiger partial charge in [0, 0.05) is 0 Å². The van der Waals surface area contributed by atoms with Crippen LogP contribution in [0, 0.1) is 0 Å². The molecule has 14 heavy (non-hydrogen) atoms. The zero-order valence-electron chi connectivity index (χ0n) is 8.36. The van der Waals surface area contributed by atoms with Crippen LogP contribution in [-0.4, -0.2) is 24.6 Å². The van der Waals surface area contributed by atoms with Crippen LogP contribution in [0.3, 0.4) is 0 Å². The lowest BCUT2D eigenvalue weighted by Gasteiger charge is -1.97. The van der Waals surface area contributed by atoms with Gasteiger partial charge < -0.3 is 4.74 Å². The Hall–Kier alpha value is -1.03. The fraction of sp³-hybridized carbons (Fsp3) is 0.400. The second kappa shape index (κ2) is 8.56. The zero-order chi connectivity index (χ0) is 10.8. The SMILES string of the molecule is CCOC(=O)CC(=O)/C=C/C=C\SC. The van der Waals surface area contributed by atoms with Crippen molar-refractivity contribution in [3.63, 3.8) is 0 Å². The molecule has 0 aliphatic rings. The van der Waals surface area contributed by atoms with Gasteiger partial charge in [0.2, 0.25) is 0 Å². The fourth-order valence-corrected chi connectivity index (χ4v) is 0.948. The molecule has 0 saturated carbocycles. The highest BCUT2D eigenvalue weighted by Crippen LogP contribution is 1.95. The van der Waals surface area contributed by atoms with E-state index in [1.165, 1.54) is 6.08 Å². The third-order valence-corrected chi connectivity index (χ3v) is 1.66. The van der Waals surface area contributed by atoms with Crippen LogP contribution in [0.1, 0.15) is 13.3 Å². The summed E-state index contributed by atoms with van der Waals surface area (Å²) in [6.45, 7) is 2.02. The summed E-state index contributed by atoms with van der Waals surface area (Å²) in [7, 11) is 0. The van der Waals surface area contributed by atoms with Gasteiger partial charge in [-0.05, 0) is 24.7 Å². The number of hydrogen-bond donors (Lipinski definition) is 0. The normalized spacial score (nSPS) is 11.0. The van der Waals surface area contributed by atoms with E-state index in [0.717, 1.165) is 0 Å². The van der Waals surface area contributed by atoms with Crippen molar-refractivity contribution in [1.29, 1.82) is 0 Å². The smallest absolute Gasteiger partial charge is 0.313 e. The zero-order valence-corrected chi connectivity index (χ0v) is 9.17. The summed E-state index contributed by atoms with van der Waals surface area (Å²) in [5.74, 6) is -0.717. The van der Waals surface area contributed by atoms with Gasteiger partial charge in [-0.3, -0.25) is 9.59 Å². The summed E-state index contributed by atoms with van der Waals surface area (Å²) in [6, 6.07) is 0. The largest absolute Gasteiger partial charge is 0.466 e. The molecule has 0 atom stereocenters. The second-order valence-corrected chi connectivity index (χ2v) is 3.12. The first-order valence-corrected chi connectivity index (χ1v) is 5.54. The fourth-order valence-electron chi connectivity index (χ4n) is 0.700. The Morgan fingerprint density at radius 3 is 2.64 bits per heavy atom. The van der Waals surface area contributed by atoms with Crippen molar-refractivity contribution in [3.8, 4) is 0 Å². The molecule has 0 aromatic rings. The summed E-state index contributed by atoms with van der Waals surface area (Å²) in [6.07, 6.45) is 6.46. The Morgan fingerprint density at radius 1 is 1.36 bits per heavy atom. The molecule has 4 heteroatoms. The van der Waals surface area contributed by atoms with Gasteiger partial charge in [0.1, 0.15) is 6.42 Å². The van der Waals surface area contributed by atoms with Crippen molar-refractivity contribution >= 4 is 23.5 Å². The minimum Gasteiger partial charge on any atom is -0.466 e. The van der Waals surface area contributed by atoms with Crippen LogP contribution < -0.4 is 0 Å². The number of carbonyl (C=O) groups is 2. The first kappa shape index (κ1) is 13.0. The summed E-state index contributed by atoms with van der Waals surface area (Å²) < 4.78 is 4.62. The molecule has 0 bridgehead atoms. The quantitative estimate of drug-likeness (QED) is 0.293. The molecule has 0 N–H and O–H groups in total. The van der Waals surface area contributed by atoms with Gasteiger partial charge in [0.15, 0.2) is 5.78 Å². The lowest BCUT2D eigenvalue weighted by atomic mass is 10.2. The molecule has 0 aromatic heterocycles. The van der Waals surface area contributed by atoms with Crippen molar-refractivity contribution in [2.45, 2.75) is 13.3 Å². The van der Waals surface area contributed by atoms with Gasteiger partial charge in [0.05, 0.1) is 6.61 Å². The Morgan fingerprint density at radius 2 is 2.07 bits per heavy atom. The highest BCUT2D eigenvalue weighted by Gasteiger charge is 2.05. The average Bonchev–Trinajstić information content (AvgIpc) is 2.13. The van der Waals surface area contributed by atoms with Gasteiger partial charge in [-0.25, -0.2) is 0 Å². The number of ketones is 1. The molecular formula is C10H14O3S. The summed E-state index contributed by atoms with van der Waals surface area (Å²) in [4.78, 5) is 21.9. The predicted molar refractivity (Wildman–Crippen MR) is 58.1 cm³/mol. The lowest BCUT2D eigenvalue weighted by Crippen LogP contribution is -2.08. The average molecular weight is 214 g/mol. The standard InChI is InChI=1S/C10H14O3S/c1-3-13-10(12)8-9(11)6-4-5-7-14-2/h4-7H,3,8H2,1-2H3/b6-4+,7-5-. The van der Waals surface area contributed by atoms with Crippen molar-refractivity contribution in [2.24, 2.45) is 0 Å². The van der Waals surface area contributed by atoms with E-state index >= 15 is 0 Å².